The lowest BCUT2D eigenvalue weighted by atomic mass is 10.1. The number of benzene rings is 2. The lowest BCUT2D eigenvalue weighted by Gasteiger charge is -2.29. The number of aromatic amines is 1. The number of anilines is 1. The van der Waals surface area contributed by atoms with Gasteiger partial charge in [0.05, 0.1) is 41.9 Å². The molecule has 9 nitrogen and oxygen atoms in total. The van der Waals surface area contributed by atoms with E-state index in [1.165, 1.54) is 0 Å². The van der Waals surface area contributed by atoms with Crippen molar-refractivity contribution in [2.24, 2.45) is 15.9 Å². The molecule has 1 aliphatic rings. The first kappa shape index (κ1) is 21.7. The Balaban J connectivity index is 1.25. The van der Waals surface area contributed by atoms with Crippen molar-refractivity contribution in [1.29, 1.82) is 0 Å². The Morgan fingerprint density at radius 3 is 2.74 bits per heavy atom. The normalized spacial score (nSPS) is 15.5. The third-order valence-corrected chi connectivity index (χ3v) is 6.15. The fourth-order valence-electron chi connectivity index (χ4n) is 4.28. The molecule has 3 N–H and O–H groups in total. The van der Waals surface area contributed by atoms with Gasteiger partial charge in [0.2, 0.25) is 5.95 Å². The molecule has 0 aliphatic carbocycles. The van der Waals surface area contributed by atoms with Gasteiger partial charge in [-0.05, 0) is 44.0 Å². The summed E-state index contributed by atoms with van der Waals surface area (Å²) < 4.78 is 7.54. The Morgan fingerprint density at radius 2 is 2.03 bits per heavy atom. The number of nitrogens with two attached hydrogens (primary N) is 1. The lowest BCUT2D eigenvalue weighted by molar-refractivity contribution is 0.413. The maximum Gasteiger partial charge on any atom is 0.203 e. The molecule has 0 radical (unpaired) electrons. The van der Waals surface area contributed by atoms with E-state index in [0.717, 1.165) is 59.9 Å². The average Bonchev–Trinajstić information content (AvgIpc) is 3.51. The maximum atomic E-state index is 5.72. The predicted octanol–water partition coefficient (Wildman–Crippen LogP) is 3.47. The standard InChI is InChI=1S/C25H28N8O/c1-17-15-33(16-28-17)23-8-7-18(13-24(23)34-2)22(31-26)14-27-19-9-11-32(12-10-19)25-29-20-5-3-4-6-21(20)30-25/h3-8,13-16,19H,9-12,26H2,1-2H3,(H,29,30)/b27-14?,31-22+. The minimum Gasteiger partial charge on any atom is -0.495 e. The number of piperidine rings is 1. The average molecular weight is 457 g/mol. The van der Waals surface area contributed by atoms with E-state index in [0.29, 0.717) is 11.5 Å². The van der Waals surface area contributed by atoms with Crippen LogP contribution in [0.3, 0.4) is 0 Å². The summed E-state index contributed by atoms with van der Waals surface area (Å²) in [6.07, 6.45) is 7.37. The fourth-order valence-corrected chi connectivity index (χ4v) is 4.28. The summed E-state index contributed by atoms with van der Waals surface area (Å²) >= 11 is 0. The third-order valence-electron chi connectivity index (χ3n) is 6.15. The van der Waals surface area contributed by atoms with Crippen molar-refractivity contribution in [3.8, 4) is 11.4 Å². The number of aliphatic imine (C=N–C) groups is 1. The molecule has 0 saturated carbocycles. The summed E-state index contributed by atoms with van der Waals surface area (Å²) in [6.45, 7) is 3.74. The van der Waals surface area contributed by atoms with E-state index < -0.39 is 0 Å². The van der Waals surface area contributed by atoms with Gasteiger partial charge in [-0.1, -0.05) is 18.2 Å². The summed E-state index contributed by atoms with van der Waals surface area (Å²) in [5, 5.41) is 3.98. The second-order valence-corrected chi connectivity index (χ2v) is 8.40. The first-order valence-electron chi connectivity index (χ1n) is 11.3. The molecular formula is C25H28N8O. The molecule has 2 aromatic carbocycles. The van der Waals surface area contributed by atoms with Crippen LogP contribution >= 0.6 is 0 Å². The monoisotopic (exact) mass is 456 g/mol. The minimum atomic E-state index is 0.215. The zero-order valence-corrected chi connectivity index (χ0v) is 19.3. The van der Waals surface area contributed by atoms with Crippen LogP contribution in [0.25, 0.3) is 16.7 Å². The smallest absolute Gasteiger partial charge is 0.203 e. The molecule has 174 valence electrons. The molecule has 4 aromatic rings. The zero-order chi connectivity index (χ0) is 23.5. The molecule has 1 fully saturated rings. The summed E-state index contributed by atoms with van der Waals surface area (Å²) in [5.74, 6) is 7.36. The van der Waals surface area contributed by atoms with Crippen molar-refractivity contribution in [2.75, 3.05) is 25.1 Å². The van der Waals surface area contributed by atoms with Gasteiger partial charge in [0.15, 0.2) is 0 Å². The van der Waals surface area contributed by atoms with Crippen molar-refractivity contribution >= 4 is 28.9 Å². The van der Waals surface area contributed by atoms with Crippen molar-refractivity contribution in [3.63, 3.8) is 0 Å². The van der Waals surface area contributed by atoms with Crippen LogP contribution in [0, 0.1) is 6.92 Å². The third kappa shape index (κ3) is 4.36. The number of fused-ring (bicyclic) bond motifs is 1. The van der Waals surface area contributed by atoms with Gasteiger partial charge in [-0.3, -0.25) is 4.99 Å². The van der Waals surface area contributed by atoms with Crippen LogP contribution in [0.4, 0.5) is 5.95 Å². The Bertz CT molecular complexity index is 1310. The number of hydrogen-bond acceptors (Lipinski definition) is 7. The van der Waals surface area contributed by atoms with E-state index in [4.69, 9.17) is 20.6 Å². The predicted molar refractivity (Wildman–Crippen MR) is 135 cm³/mol. The van der Waals surface area contributed by atoms with E-state index in [-0.39, 0.29) is 6.04 Å². The van der Waals surface area contributed by atoms with E-state index in [9.17, 15) is 0 Å². The van der Waals surface area contributed by atoms with Gasteiger partial charge in [0.1, 0.15) is 11.5 Å². The van der Waals surface area contributed by atoms with Crippen molar-refractivity contribution in [1.82, 2.24) is 19.5 Å². The number of H-pyrrole nitrogens is 1. The first-order chi connectivity index (χ1) is 16.6. The number of hydrazone groups is 1. The highest BCUT2D eigenvalue weighted by Crippen LogP contribution is 2.25. The topological polar surface area (TPSA) is 110 Å². The molecule has 2 aromatic heterocycles. The number of imidazole rings is 2. The van der Waals surface area contributed by atoms with Gasteiger partial charge < -0.3 is 25.0 Å². The Kier molecular flexibility index (Phi) is 5.99. The quantitative estimate of drug-likeness (QED) is 0.262. The minimum absolute atomic E-state index is 0.215. The number of aromatic nitrogens is 4. The number of rotatable bonds is 6. The van der Waals surface area contributed by atoms with Crippen LogP contribution in [0.2, 0.25) is 0 Å². The SMILES string of the molecule is COc1cc(/C(C=NC2CCN(c3nc4ccccc4[nH]3)CC2)=N/N)ccc1-n1cnc(C)c1. The number of nitrogens with zero attached hydrogens (tertiary/aromatic N) is 6. The van der Waals surface area contributed by atoms with Crippen LogP contribution < -0.4 is 15.5 Å². The summed E-state index contributed by atoms with van der Waals surface area (Å²) in [4.78, 5) is 19.5. The van der Waals surface area contributed by atoms with Crippen LogP contribution in [0.1, 0.15) is 24.1 Å². The molecule has 0 unspecified atom stereocenters. The second-order valence-electron chi connectivity index (χ2n) is 8.40. The van der Waals surface area contributed by atoms with E-state index >= 15 is 0 Å². The van der Waals surface area contributed by atoms with Crippen LogP contribution in [-0.4, -0.2) is 57.7 Å². The van der Waals surface area contributed by atoms with Gasteiger partial charge in [-0.2, -0.15) is 5.10 Å². The van der Waals surface area contributed by atoms with Crippen molar-refractivity contribution < 1.29 is 4.74 Å². The van der Waals surface area contributed by atoms with Gasteiger partial charge >= 0.3 is 0 Å². The zero-order valence-electron chi connectivity index (χ0n) is 19.3. The van der Waals surface area contributed by atoms with E-state index in [1.54, 1.807) is 19.7 Å². The van der Waals surface area contributed by atoms with Gasteiger partial charge in [0, 0.05) is 31.1 Å². The number of methoxy groups -OCH3 is 1. The van der Waals surface area contributed by atoms with E-state index in [2.05, 4.69) is 26.0 Å². The van der Waals surface area contributed by atoms with Gasteiger partial charge in [0.25, 0.3) is 0 Å². The molecule has 1 aliphatic heterocycles. The molecule has 34 heavy (non-hydrogen) atoms. The van der Waals surface area contributed by atoms with Crippen LogP contribution in [0.15, 0.2) is 65.1 Å². The molecule has 0 atom stereocenters. The molecule has 0 amide bonds. The van der Waals surface area contributed by atoms with Crippen molar-refractivity contribution in [3.05, 3.63) is 66.2 Å². The Morgan fingerprint density at radius 1 is 1.21 bits per heavy atom. The molecule has 9 heteroatoms. The summed E-state index contributed by atoms with van der Waals surface area (Å²) in [7, 11) is 1.65. The molecule has 0 spiro atoms. The number of aryl methyl sites for hydroxylation is 1. The molecule has 1 saturated heterocycles. The Hall–Kier alpha value is -4.14. The molecule has 5 rings (SSSR count). The summed E-state index contributed by atoms with van der Waals surface area (Å²) in [6, 6.07) is 14.2. The highest BCUT2D eigenvalue weighted by atomic mass is 16.5. The number of hydrogen-bond donors (Lipinski definition) is 2. The first-order valence-corrected chi connectivity index (χ1v) is 11.3. The Labute approximate surface area is 198 Å². The van der Waals surface area contributed by atoms with Gasteiger partial charge in [-0.25, -0.2) is 9.97 Å². The lowest BCUT2D eigenvalue weighted by Crippen LogP contribution is -2.36. The van der Waals surface area contributed by atoms with Crippen LogP contribution in [-0.2, 0) is 0 Å². The second kappa shape index (κ2) is 9.38. The maximum absolute atomic E-state index is 5.72. The fraction of sp³-hybridized carbons (Fsp3) is 0.280. The number of nitrogens with one attached hydrogen (secondary N) is 1. The number of ether oxygens (including phenoxy) is 1. The number of para-hydroxylation sites is 2. The molecule has 0 bridgehead atoms. The van der Waals surface area contributed by atoms with Gasteiger partial charge in [-0.15, -0.1) is 0 Å². The highest BCUT2D eigenvalue weighted by Gasteiger charge is 2.21. The summed E-state index contributed by atoms with van der Waals surface area (Å²) in [5.41, 5.74) is 5.36. The van der Waals surface area contributed by atoms with Crippen LogP contribution in [0.5, 0.6) is 5.75 Å². The van der Waals surface area contributed by atoms with E-state index in [1.807, 2.05) is 54.1 Å². The largest absolute Gasteiger partial charge is 0.495 e. The highest BCUT2D eigenvalue weighted by molar-refractivity contribution is 6.38. The molecular weight excluding hydrogens is 428 g/mol. The van der Waals surface area contributed by atoms with Crippen molar-refractivity contribution in [2.45, 2.75) is 25.8 Å². The molecule has 3 heterocycles.